The molecule has 4 aromatic rings. The van der Waals surface area contributed by atoms with E-state index >= 15 is 0 Å². The molecule has 0 N–H and O–H groups in total. The Morgan fingerprint density at radius 3 is 2.68 bits per heavy atom. The van der Waals surface area contributed by atoms with Crippen molar-refractivity contribution < 1.29 is 13.9 Å². The third-order valence-electron chi connectivity index (χ3n) is 5.43. The van der Waals surface area contributed by atoms with Crippen molar-refractivity contribution in [3.63, 3.8) is 0 Å². The van der Waals surface area contributed by atoms with Crippen LogP contribution in [0.15, 0.2) is 93.4 Å². The minimum atomic E-state index is -0.0366. The van der Waals surface area contributed by atoms with E-state index in [1.165, 1.54) is 11.8 Å². The normalized spacial score (nSPS) is 15.1. The van der Waals surface area contributed by atoms with E-state index in [0.29, 0.717) is 23.5 Å². The molecule has 1 atom stereocenters. The zero-order chi connectivity index (χ0) is 23.3. The molecule has 172 valence electrons. The summed E-state index contributed by atoms with van der Waals surface area (Å²) in [5, 5.41) is 8.67. The summed E-state index contributed by atoms with van der Waals surface area (Å²) in [5.41, 5.74) is 2.80. The number of rotatable bonds is 7. The first-order chi connectivity index (χ1) is 16.7. The van der Waals surface area contributed by atoms with Crippen molar-refractivity contribution in [3.05, 3.63) is 84.4 Å². The lowest BCUT2D eigenvalue weighted by molar-refractivity contribution is -0.116. The average molecular weight is 490 g/mol. The first-order valence-corrected chi connectivity index (χ1v) is 13.0. The van der Waals surface area contributed by atoms with Crippen molar-refractivity contribution in [2.75, 3.05) is 23.0 Å². The van der Waals surface area contributed by atoms with Crippen LogP contribution in [0.5, 0.6) is 5.75 Å². The lowest BCUT2D eigenvalue weighted by atomic mass is 10.1. The predicted molar refractivity (Wildman–Crippen MR) is 135 cm³/mol. The molecule has 1 aliphatic heterocycles. The predicted octanol–water partition coefficient (Wildman–Crippen LogP) is 6.11. The minimum Gasteiger partial charge on any atom is -0.493 e. The Morgan fingerprint density at radius 1 is 1.06 bits per heavy atom. The zero-order valence-corrected chi connectivity index (χ0v) is 20.2. The van der Waals surface area contributed by atoms with Gasteiger partial charge in [0.25, 0.3) is 11.1 Å². The highest BCUT2D eigenvalue weighted by atomic mass is 32.2. The Balaban J connectivity index is 1.36. The monoisotopic (exact) mass is 489 g/mol. The van der Waals surface area contributed by atoms with Gasteiger partial charge in [-0.05, 0) is 36.8 Å². The second-order valence-corrected chi connectivity index (χ2v) is 9.55. The number of thioether (sulfide) groups is 2. The van der Waals surface area contributed by atoms with E-state index < -0.39 is 0 Å². The van der Waals surface area contributed by atoms with Crippen LogP contribution < -0.4 is 9.64 Å². The summed E-state index contributed by atoms with van der Waals surface area (Å²) in [7, 11) is 0. The lowest BCUT2D eigenvalue weighted by Gasteiger charge is -2.37. The van der Waals surface area contributed by atoms with Gasteiger partial charge in [-0.3, -0.25) is 4.79 Å². The Kier molecular flexibility index (Phi) is 6.87. The molecule has 0 aliphatic carbocycles. The molecular formula is C26H23N3O3S2. The molecule has 0 unspecified atom stereocenters. The third-order valence-corrected chi connectivity index (χ3v) is 7.37. The molecule has 34 heavy (non-hydrogen) atoms. The van der Waals surface area contributed by atoms with Gasteiger partial charge in [0.1, 0.15) is 5.75 Å². The van der Waals surface area contributed by atoms with E-state index in [2.05, 4.69) is 28.4 Å². The van der Waals surface area contributed by atoms with Crippen LogP contribution >= 0.6 is 23.5 Å². The second kappa shape index (κ2) is 10.4. The van der Waals surface area contributed by atoms with Gasteiger partial charge in [-0.25, -0.2) is 0 Å². The fraction of sp³-hybridized carbons (Fsp3) is 0.192. The van der Waals surface area contributed by atoms with Gasteiger partial charge in [-0.2, -0.15) is 0 Å². The van der Waals surface area contributed by atoms with E-state index in [1.807, 2.05) is 72.5 Å². The van der Waals surface area contributed by atoms with Gasteiger partial charge in [-0.1, -0.05) is 66.4 Å². The van der Waals surface area contributed by atoms with Crippen molar-refractivity contribution in [1.29, 1.82) is 0 Å². The van der Waals surface area contributed by atoms with Crippen molar-refractivity contribution >= 4 is 35.1 Å². The van der Waals surface area contributed by atoms with E-state index in [0.717, 1.165) is 27.5 Å². The topological polar surface area (TPSA) is 68.5 Å². The summed E-state index contributed by atoms with van der Waals surface area (Å²) in [4.78, 5) is 16.5. The number of para-hydroxylation sites is 2. The van der Waals surface area contributed by atoms with Crippen LogP contribution in [0.2, 0.25) is 0 Å². The fourth-order valence-electron chi connectivity index (χ4n) is 3.91. The van der Waals surface area contributed by atoms with Gasteiger partial charge < -0.3 is 14.1 Å². The van der Waals surface area contributed by atoms with Crippen LogP contribution in [0.3, 0.4) is 0 Å². The Labute approximate surface area is 206 Å². The summed E-state index contributed by atoms with van der Waals surface area (Å²) in [5.74, 6) is 2.06. The number of amides is 1. The van der Waals surface area contributed by atoms with Gasteiger partial charge >= 0.3 is 0 Å². The Bertz CT molecular complexity index is 1280. The molecule has 3 aromatic carbocycles. The maximum absolute atomic E-state index is 13.5. The molecule has 1 aromatic heterocycles. The van der Waals surface area contributed by atoms with E-state index in [-0.39, 0.29) is 17.7 Å². The third kappa shape index (κ3) is 4.69. The number of hydrogen-bond donors (Lipinski definition) is 0. The van der Waals surface area contributed by atoms with Crippen molar-refractivity contribution in [1.82, 2.24) is 10.2 Å². The number of ether oxygens (including phenoxy) is 1. The van der Waals surface area contributed by atoms with Crippen LogP contribution in [-0.4, -0.2) is 34.2 Å². The van der Waals surface area contributed by atoms with E-state index in [9.17, 15) is 4.79 Å². The molecule has 0 saturated heterocycles. The minimum absolute atomic E-state index is 0.000990. The van der Waals surface area contributed by atoms with Gasteiger partial charge in [0.05, 0.1) is 29.7 Å². The maximum atomic E-state index is 13.5. The zero-order valence-electron chi connectivity index (χ0n) is 18.6. The Morgan fingerprint density at radius 2 is 1.82 bits per heavy atom. The summed E-state index contributed by atoms with van der Waals surface area (Å²) >= 11 is 3.03. The second-order valence-electron chi connectivity index (χ2n) is 7.56. The number of fused-ring (bicyclic) bond motifs is 1. The maximum Gasteiger partial charge on any atom is 0.277 e. The SMILES string of the molecule is CCOc1ccccc1-c1nnc(SCC(=O)N2c3ccccc3SC[C@@H]2c2ccccc2)o1. The number of aromatic nitrogens is 2. The fourth-order valence-corrected chi connectivity index (χ4v) is 5.70. The number of carbonyl (C=O) groups is 1. The van der Waals surface area contributed by atoms with Crippen LogP contribution in [0.4, 0.5) is 5.69 Å². The Hall–Kier alpha value is -3.23. The molecule has 1 aliphatic rings. The molecule has 0 radical (unpaired) electrons. The first-order valence-electron chi connectivity index (χ1n) is 11.0. The lowest BCUT2D eigenvalue weighted by Crippen LogP contribution is -2.39. The molecule has 0 spiro atoms. The number of hydrogen-bond acceptors (Lipinski definition) is 7. The molecule has 8 heteroatoms. The van der Waals surface area contributed by atoms with Crippen molar-refractivity contribution in [3.8, 4) is 17.2 Å². The number of anilines is 1. The smallest absolute Gasteiger partial charge is 0.277 e. The highest BCUT2D eigenvalue weighted by Gasteiger charge is 2.32. The van der Waals surface area contributed by atoms with Crippen LogP contribution in [0.25, 0.3) is 11.5 Å². The number of carbonyl (C=O) groups excluding carboxylic acids is 1. The highest BCUT2D eigenvalue weighted by molar-refractivity contribution is 8.00. The van der Waals surface area contributed by atoms with Crippen LogP contribution in [-0.2, 0) is 4.79 Å². The van der Waals surface area contributed by atoms with Gasteiger partial charge in [0, 0.05) is 10.6 Å². The summed E-state index contributed by atoms with van der Waals surface area (Å²) in [6.07, 6.45) is 0. The van der Waals surface area contributed by atoms with Crippen molar-refractivity contribution in [2.24, 2.45) is 0 Å². The quantitative estimate of drug-likeness (QED) is 0.290. The molecule has 6 nitrogen and oxygen atoms in total. The van der Waals surface area contributed by atoms with Crippen LogP contribution in [0, 0.1) is 0 Å². The van der Waals surface area contributed by atoms with Gasteiger partial charge in [-0.15, -0.1) is 22.0 Å². The molecular weight excluding hydrogens is 466 g/mol. The largest absolute Gasteiger partial charge is 0.493 e. The number of nitrogens with zero attached hydrogens (tertiary/aromatic N) is 3. The highest BCUT2D eigenvalue weighted by Crippen LogP contribution is 2.43. The molecule has 0 saturated carbocycles. The summed E-state index contributed by atoms with van der Waals surface area (Å²) in [6.45, 7) is 2.47. The van der Waals surface area contributed by atoms with Gasteiger partial charge in [0.15, 0.2) is 0 Å². The number of benzene rings is 3. The van der Waals surface area contributed by atoms with Crippen LogP contribution in [0.1, 0.15) is 18.5 Å². The van der Waals surface area contributed by atoms with Crippen molar-refractivity contribution in [2.45, 2.75) is 23.1 Å². The summed E-state index contributed by atoms with van der Waals surface area (Å²) < 4.78 is 11.5. The molecule has 0 bridgehead atoms. The molecule has 5 rings (SSSR count). The first kappa shape index (κ1) is 22.6. The van der Waals surface area contributed by atoms with E-state index in [1.54, 1.807) is 11.8 Å². The molecule has 2 heterocycles. The van der Waals surface area contributed by atoms with E-state index in [4.69, 9.17) is 9.15 Å². The average Bonchev–Trinajstić information content (AvgIpc) is 3.36. The molecule has 1 amide bonds. The molecule has 0 fully saturated rings. The standard InChI is InChI=1S/C26H23N3O3S2/c1-2-31-22-14-8-6-12-19(22)25-27-28-26(32-25)34-17-24(30)29-20-13-7-9-15-23(20)33-16-21(29)18-10-4-3-5-11-18/h3-15,21H,2,16-17H2,1H3/t21-/m1/s1. The summed E-state index contributed by atoms with van der Waals surface area (Å²) in [6, 6.07) is 25.7. The van der Waals surface area contributed by atoms with Gasteiger partial charge in [0.2, 0.25) is 5.91 Å².